The Bertz CT molecular complexity index is 1430. The van der Waals surface area contributed by atoms with E-state index in [1.807, 2.05) is 68.0 Å². The Morgan fingerprint density at radius 1 is 1.02 bits per heavy atom. The van der Waals surface area contributed by atoms with Crippen LogP contribution in [0.25, 0.3) is 11.3 Å². The van der Waals surface area contributed by atoms with Gasteiger partial charge >= 0.3 is 11.9 Å². The van der Waals surface area contributed by atoms with Gasteiger partial charge in [0.25, 0.3) is 0 Å². The molecule has 2 unspecified atom stereocenters. The van der Waals surface area contributed by atoms with Gasteiger partial charge in [-0.25, -0.2) is 9.78 Å². The number of nitrogens with zero attached hydrogens (tertiary/aromatic N) is 3. The van der Waals surface area contributed by atoms with Crippen LogP contribution in [0.5, 0.6) is 5.75 Å². The number of carbonyl (C=O) groups excluding carboxylic acids is 2. The van der Waals surface area contributed by atoms with Gasteiger partial charge in [0.1, 0.15) is 18.3 Å². The average Bonchev–Trinajstić information content (AvgIpc) is 3.41. The topological polar surface area (TPSA) is 102 Å². The first-order chi connectivity index (χ1) is 19.2. The van der Waals surface area contributed by atoms with E-state index in [0.29, 0.717) is 28.7 Å². The van der Waals surface area contributed by atoms with Crippen LogP contribution in [0.3, 0.4) is 0 Å². The molecule has 210 valence electrons. The standard InChI is InChI=1S/C30H34N4O5S/c1-18-25(28(35)37-5)27(26(19(2)31-18)29(36)38-6)22-9-7-8-10-23(22)32-30-33-24(17-40-30)20-11-13-21(14-12-20)39-16-15-34(3)4/h7-14,17,25,27H,15-16H2,1-6H3,(H,32,33). The number of carbonyl (C=O) groups is 2. The molecule has 0 bridgehead atoms. The zero-order chi connectivity index (χ0) is 28.8. The van der Waals surface area contributed by atoms with E-state index in [4.69, 9.17) is 19.2 Å². The number of ether oxygens (including phenoxy) is 3. The number of para-hydroxylation sites is 1. The van der Waals surface area contributed by atoms with Crippen LogP contribution >= 0.6 is 11.3 Å². The Hall–Kier alpha value is -4.02. The quantitative estimate of drug-likeness (QED) is 0.333. The van der Waals surface area contributed by atoms with Crippen LogP contribution in [0.2, 0.25) is 0 Å². The monoisotopic (exact) mass is 562 g/mol. The van der Waals surface area contributed by atoms with Crippen molar-refractivity contribution in [3.8, 4) is 17.0 Å². The molecule has 3 aromatic rings. The van der Waals surface area contributed by atoms with Crippen LogP contribution in [0.15, 0.2) is 70.2 Å². The second-order valence-corrected chi connectivity index (χ2v) is 10.5. The number of aromatic nitrogens is 1. The minimum Gasteiger partial charge on any atom is -0.492 e. The SMILES string of the molecule is COC(=O)C1=C(C)N=C(C)C(C(=O)OC)C1c1ccccc1Nc1nc(-c2ccc(OCCN(C)C)cc2)cs1. The zero-order valence-electron chi connectivity index (χ0n) is 23.6. The van der Waals surface area contributed by atoms with Gasteiger partial charge < -0.3 is 24.4 Å². The average molecular weight is 563 g/mol. The van der Waals surface area contributed by atoms with Crippen LogP contribution in [0.4, 0.5) is 10.8 Å². The third kappa shape index (κ3) is 6.40. The maximum atomic E-state index is 12.9. The van der Waals surface area contributed by atoms with E-state index in [1.54, 1.807) is 13.8 Å². The molecule has 0 radical (unpaired) electrons. The molecular weight excluding hydrogens is 528 g/mol. The molecule has 1 aliphatic heterocycles. The highest BCUT2D eigenvalue weighted by Gasteiger charge is 2.43. The van der Waals surface area contributed by atoms with Crippen LogP contribution in [0.1, 0.15) is 25.3 Å². The molecule has 9 nitrogen and oxygen atoms in total. The fourth-order valence-corrected chi connectivity index (χ4v) is 5.44. The Balaban J connectivity index is 1.62. The summed E-state index contributed by atoms with van der Waals surface area (Å²) in [6.45, 7) is 4.98. The van der Waals surface area contributed by atoms with Gasteiger partial charge in [0.15, 0.2) is 5.13 Å². The molecule has 0 amide bonds. The van der Waals surface area contributed by atoms with E-state index in [1.165, 1.54) is 25.6 Å². The molecule has 4 rings (SSSR count). The molecule has 0 fully saturated rings. The predicted molar refractivity (Wildman–Crippen MR) is 157 cm³/mol. The van der Waals surface area contributed by atoms with E-state index in [9.17, 15) is 9.59 Å². The van der Waals surface area contributed by atoms with Gasteiger partial charge in [-0.2, -0.15) is 0 Å². The first-order valence-electron chi connectivity index (χ1n) is 12.8. The highest BCUT2D eigenvalue weighted by atomic mass is 32.1. The summed E-state index contributed by atoms with van der Waals surface area (Å²) in [5.41, 5.74) is 4.65. The van der Waals surface area contributed by atoms with Crippen molar-refractivity contribution in [2.24, 2.45) is 10.9 Å². The Morgan fingerprint density at radius 3 is 2.42 bits per heavy atom. The molecule has 40 heavy (non-hydrogen) atoms. The maximum absolute atomic E-state index is 12.9. The number of hydrogen-bond donors (Lipinski definition) is 1. The van der Waals surface area contributed by atoms with Gasteiger partial charge in [0.05, 0.1) is 25.5 Å². The van der Waals surface area contributed by atoms with Crippen molar-refractivity contribution in [3.05, 3.63) is 70.7 Å². The number of rotatable bonds is 10. The molecule has 1 aromatic heterocycles. The third-order valence-electron chi connectivity index (χ3n) is 6.69. The third-order valence-corrected chi connectivity index (χ3v) is 7.45. The van der Waals surface area contributed by atoms with Gasteiger partial charge in [-0.15, -0.1) is 11.3 Å². The summed E-state index contributed by atoms with van der Waals surface area (Å²) in [5, 5.41) is 6.05. The molecule has 2 atom stereocenters. The summed E-state index contributed by atoms with van der Waals surface area (Å²) in [7, 11) is 6.67. The normalized spacial score (nSPS) is 16.9. The fraction of sp³-hybridized carbons (Fsp3) is 0.333. The van der Waals surface area contributed by atoms with Crippen molar-refractivity contribution in [2.45, 2.75) is 19.8 Å². The highest BCUT2D eigenvalue weighted by Crippen LogP contribution is 2.43. The second-order valence-electron chi connectivity index (χ2n) is 9.65. The van der Waals surface area contributed by atoms with E-state index < -0.39 is 23.8 Å². The van der Waals surface area contributed by atoms with Gasteiger partial charge in [-0.05, 0) is 63.8 Å². The molecular formula is C30H34N4O5S. The van der Waals surface area contributed by atoms with E-state index in [2.05, 4.69) is 15.2 Å². The predicted octanol–water partition coefficient (Wildman–Crippen LogP) is 5.29. The van der Waals surface area contributed by atoms with Crippen LogP contribution in [0, 0.1) is 5.92 Å². The zero-order valence-corrected chi connectivity index (χ0v) is 24.4. The number of thiazole rings is 1. The lowest BCUT2D eigenvalue weighted by Gasteiger charge is -2.32. The number of likely N-dealkylation sites (N-methyl/N-ethyl adjacent to an activating group) is 1. The number of hydrogen-bond acceptors (Lipinski definition) is 10. The molecule has 1 aliphatic rings. The summed E-state index contributed by atoms with van der Waals surface area (Å²) in [6.07, 6.45) is 0. The number of aliphatic imine (C=N–C) groups is 1. The molecule has 2 aromatic carbocycles. The Morgan fingerprint density at radius 2 is 1.75 bits per heavy atom. The van der Waals surface area contributed by atoms with Crippen molar-refractivity contribution < 1.29 is 23.8 Å². The van der Waals surface area contributed by atoms with E-state index in [0.717, 1.165) is 34.8 Å². The Labute approximate surface area is 238 Å². The molecule has 1 N–H and O–H groups in total. The largest absolute Gasteiger partial charge is 0.492 e. The fourth-order valence-electron chi connectivity index (χ4n) is 4.71. The van der Waals surface area contributed by atoms with E-state index in [-0.39, 0.29) is 0 Å². The van der Waals surface area contributed by atoms with Crippen molar-refractivity contribution in [1.82, 2.24) is 9.88 Å². The first kappa shape index (κ1) is 29.0. The number of anilines is 2. The van der Waals surface area contributed by atoms with Crippen LogP contribution in [-0.2, 0) is 19.1 Å². The molecule has 2 heterocycles. The minimum atomic E-state index is -0.781. The lowest BCUT2D eigenvalue weighted by atomic mass is 9.75. The van der Waals surface area contributed by atoms with Gasteiger partial charge in [0, 0.05) is 40.5 Å². The van der Waals surface area contributed by atoms with Crippen molar-refractivity contribution in [3.63, 3.8) is 0 Å². The van der Waals surface area contributed by atoms with Crippen LogP contribution < -0.4 is 10.1 Å². The first-order valence-corrected chi connectivity index (χ1v) is 13.7. The summed E-state index contributed by atoms with van der Waals surface area (Å²) in [6, 6.07) is 15.4. The number of allylic oxidation sites excluding steroid dienone is 1. The molecule has 10 heteroatoms. The Kier molecular flexibility index (Phi) is 9.34. The second kappa shape index (κ2) is 12.9. The maximum Gasteiger partial charge on any atom is 0.336 e. The summed E-state index contributed by atoms with van der Waals surface area (Å²) in [5.74, 6) is -1.63. The molecule has 0 saturated carbocycles. The van der Waals surface area contributed by atoms with Gasteiger partial charge in [-0.1, -0.05) is 18.2 Å². The number of methoxy groups -OCH3 is 2. The summed E-state index contributed by atoms with van der Waals surface area (Å²) >= 11 is 1.46. The highest BCUT2D eigenvalue weighted by molar-refractivity contribution is 7.14. The molecule has 0 saturated heterocycles. The summed E-state index contributed by atoms with van der Waals surface area (Å²) < 4.78 is 16.0. The number of esters is 2. The molecule has 0 aliphatic carbocycles. The molecule has 0 spiro atoms. The summed E-state index contributed by atoms with van der Waals surface area (Å²) in [4.78, 5) is 37.2. The number of nitrogens with one attached hydrogen (secondary N) is 1. The van der Waals surface area contributed by atoms with Gasteiger partial charge in [0.2, 0.25) is 0 Å². The van der Waals surface area contributed by atoms with E-state index >= 15 is 0 Å². The van der Waals surface area contributed by atoms with Crippen LogP contribution in [-0.4, -0.2) is 69.0 Å². The van der Waals surface area contributed by atoms with Crippen molar-refractivity contribution in [1.29, 1.82) is 0 Å². The van der Waals surface area contributed by atoms with Gasteiger partial charge in [-0.3, -0.25) is 9.79 Å². The lowest BCUT2D eigenvalue weighted by Crippen LogP contribution is -2.36. The minimum absolute atomic E-state index is 0.325. The lowest BCUT2D eigenvalue weighted by molar-refractivity contribution is -0.143. The smallest absolute Gasteiger partial charge is 0.336 e. The number of benzene rings is 2. The van der Waals surface area contributed by atoms with Crippen molar-refractivity contribution in [2.75, 3.05) is 46.8 Å². The van der Waals surface area contributed by atoms with Crippen molar-refractivity contribution >= 4 is 39.8 Å².